The Morgan fingerprint density at radius 1 is 1.03 bits per heavy atom. The Hall–Kier alpha value is -4.46. The number of nitrogens with zero attached hydrogens (tertiary/aromatic N) is 3. The van der Waals surface area contributed by atoms with Crippen molar-refractivity contribution in [1.82, 2.24) is 10.2 Å². The molecule has 0 aliphatic carbocycles. The summed E-state index contributed by atoms with van der Waals surface area (Å²) in [6, 6.07) is 22.6. The van der Waals surface area contributed by atoms with E-state index in [0.717, 1.165) is 22.4 Å². The van der Waals surface area contributed by atoms with Gasteiger partial charge in [-0.05, 0) is 61.9 Å². The maximum absolute atomic E-state index is 12.8. The summed E-state index contributed by atoms with van der Waals surface area (Å²) >= 11 is 0. The Morgan fingerprint density at radius 2 is 1.78 bits per heavy atom. The zero-order valence-electron chi connectivity index (χ0n) is 20.1. The van der Waals surface area contributed by atoms with Crippen LogP contribution in [-0.4, -0.2) is 28.6 Å². The molecule has 1 atom stereocenters. The van der Waals surface area contributed by atoms with Gasteiger partial charge in [0.1, 0.15) is 5.75 Å². The fourth-order valence-electron chi connectivity index (χ4n) is 4.11. The Bertz CT molecular complexity index is 1380. The number of anilines is 2. The van der Waals surface area contributed by atoms with E-state index in [-0.39, 0.29) is 24.8 Å². The van der Waals surface area contributed by atoms with Crippen molar-refractivity contribution in [3.63, 3.8) is 0 Å². The molecule has 0 bridgehead atoms. The smallest absolute Gasteiger partial charge is 0.254 e. The number of amides is 2. The van der Waals surface area contributed by atoms with Crippen molar-refractivity contribution in [2.45, 2.75) is 26.9 Å². The summed E-state index contributed by atoms with van der Waals surface area (Å²) in [4.78, 5) is 26.9. The van der Waals surface area contributed by atoms with Gasteiger partial charge < -0.3 is 19.4 Å². The minimum absolute atomic E-state index is 0.0469. The Morgan fingerprint density at radius 3 is 2.53 bits per heavy atom. The number of nitrogens with one attached hydrogen (secondary N) is 1. The third-order valence-corrected chi connectivity index (χ3v) is 6.17. The van der Waals surface area contributed by atoms with E-state index in [2.05, 4.69) is 15.5 Å². The molecule has 1 aliphatic rings. The zero-order valence-corrected chi connectivity index (χ0v) is 20.1. The summed E-state index contributed by atoms with van der Waals surface area (Å²) < 4.78 is 11.5. The van der Waals surface area contributed by atoms with Crippen LogP contribution in [0.4, 0.5) is 11.4 Å². The number of hydrogen-bond acceptors (Lipinski definition) is 6. The normalized spacial score (nSPS) is 15.2. The molecule has 1 unspecified atom stereocenters. The molecule has 1 aliphatic heterocycles. The average molecular weight is 483 g/mol. The van der Waals surface area contributed by atoms with Crippen LogP contribution in [0.1, 0.15) is 23.4 Å². The highest BCUT2D eigenvalue weighted by Crippen LogP contribution is 2.27. The molecular weight excluding hydrogens is 456 g/mol. The van der Waals surface area contributed by atoms with Crippen LogP contribution in [0.5, 0.6) is 5.75 Å². The second-order valence-corrected chi connectivity index (χ2v) is 8.86. The number of ether oxygens (including phenoxy) is 1. The first kappa shape index (κ1) is 23.3. The van der Waals surface area contributed by atoms with Crippen molar-refractivity contribution in [2.75, 3.05) is 16.8 Å². The minimum Gasteiger partial charge on any atom is -0.484 e. The van der Waals surface area contributed by atoms with Gasteiger partial charge in [-0.2, -0.15) is 0 Å². The lowest BCUT2D eigenvalue weighted by atomic mass is 10.1. The predicted molar refractivity (Wildman–Crippen MR) is 136 cm³/mol. The monoisotopic (exact) mass is 482 g/mol. The van der Waals surface area contributed by atoms with Crippen LogP contribution in [-0.2, 0) is 16.2 Å². The van der Waals surface area contributed by atoms with Crippen molar-refractivity contribution >= 4 is 23.2 Å². The van der Waals surface area contributed by atoms with E-state index in [1.807, 2.05) is 62.4 Å². The van der Waals surface area contributed by atoms with Crippen molar-refractivity contribution in [3.8, 4) is 17.2 Å². The molecule has 182 valence electrons. The van der Waals surface area contributed by atoms with Gasteiger partial charge in [0.25, 0.3) is 5.89 Å². The predicted octanol–water partition coefficient (Wildman–Crippen LogP) is 4.92. The van der Waals surface area contributed by atoms with Crippen LogP contribution in [0, 0.1) is 19.8 Å². The van der Waals surface area contributed by atoms with Crippen LogP contribution in [0.15, 0.2) is 77.2 Å². The second-order valence-electron chi connectivity index (χ2n) is 8.86. The first-order valence-electron chi connectivity index (χ1n) is 11.8. The molecule has 36 heavy (non-hydrogen) atoms. The second kappa shape index (κ2) is 10.0. The first-order valence-corrected chi connectivity index (χ1v) is 11.8. The van der Waals surface area contributed by atoms with Crippen molar-refractivity contribution in [1.29, 1.82) is 0 Å². The largest absolute Gasteiger partial charge is 0.484 e. The van der Waals surface area contributed by atoms with Gasteiger partial charge in [-0.1, -0.05) is 35.9 Å². The highest BCUT2D eigenvalue weighted by atomic mass is 16.5. The standard InChI is InChI=1S/C28H26N4O4/c1-18-7-11-22(12-8-18)32-16-20(15-26(32)33)27(34)29-21-9-13-23(14-10-21)35-17-25-30-31-28(36-25)24-6-4-3-5-19(24)2/h3-14,20H,15-17H2,1-2H3,(H,29,34). The molecule has 4 aromatic rings. The summed E-state index contributed by atoms with van der Waals surface area (Å²) in [5, 5.41) is 11.1. The summed E-state index contributed by atoms with van der Waals surface area (Å²) in [6.07, 6.45) is 0.190. The molecule has 0 saturated carbocycles. The quantitative estimate of drug-likeness (QED) is 0.401. The van der Waals surface area contributed by atoms with Gasteiger partial charge in [0.15, 0.2) is 6.61 Å². The number of rotatable bonds is 7. The number of aromatic nitrogens is 2. The third kappa shape index (κ3) is 5.12. The molecule has 1 N–H and O–H groups in total. The number of carbonyl (C=O) groups excluding carboxylic acids is 2. The lowest BCUT2D eigenvalue weighted by Gasteiger charge is -2.17. The van der Waals surface area contributed by atoms with Gasteiger partial charge in [0.05, 0.1) is 5.92 Å². The number of carbonyl (C=O) groups is 2. The Balaban J connectivity index is 1.14. The molecule has 2 amide bonds. The molecule has 5 rings (SSSR count). The van der Waals surface area contributed by atoms with Gasteiger partial charge in [0, 0.05) is 29.9 Å². The average Bonchev–Trinajstić information content (AvgIpc) is 3.51. The Kier molecular flexibility index (Phi) is 6.49. The number of benzene rings is 3. The van der Waals surface area contributed by atoms with Crippen LogP contribution < -0.4 is 15.0 Å². The van der Waals surface area contributed by atoms with Crippen molar-refractivity contribution < 1.29 is 18.7 Å². The molecule has 1 aromatic heterocycles. The fourth-order valence-corrected chi connectivity index (χ4v) is 4.11. The van der Waals surface area contributed by atoms with Gasteiger partial charge in [-0.3, -0.25) is 9.59 Å². The summed E-state index contributed by atoms with van der Waals surface area (Å²) in [6.45, 7) is 4.48. The third-order valence-electron chi connectivity index (χ3n) is 6.17. The topological polar surface area (TPSA) is 97.6 Å². The highest BCUT2D eigenvalue weighted by molar-refractivity contribution is 6.03. The van der Waals surface area contributed by atoms with E-state index < -0.39 is 5.92 Å². The fraction of sp³-hybridized carbons (Fsp3) is 0.214. The lowest BCUT2D eigenvalue weighted by molar-refractivity contribution is -0.122. The molecular formula is C28H26N4O4. The van der Waals surface area contributed by atoms with E-state index in [9.17, 15) is 9.59 Å². The molecule has 8 heteroatoms. The van der Waals surface area contributed by atoms with Gasteiger partial charge in [-0.15, -0.1) is 10.2 Å². The summed E-state index contributed by atoms with van der Waals surface area (Å²) in [5.41, 5.74) is 4.51. The number of aryl methyl sites for hydroxylation is 2. The van der Waals surface area contributed by atoms with Crippen LogP contribution in [0.25, 0.3) is 11.5 Å². The van der Waals surface area contributed by atoms with E-state index in [1.54, 1.807) is 29.2 Å². The molecule has 3 aromatic carbocycles. The van der Waals surface area contributed by atoms with Gasteiger partial charge in [-0.25, -0.2) is 0 Å². The molecule has 1 saturated heterocycles. The van der Waals surface area contributed by atoms with Crippen LogP contribution >= 0.6 is 0 Å². The summed E-state index contributed by atoms with van der Waals surface area (Å²) in [7, 11) is 0. The summed E-state index contributed by atoms with van der Waals surface area (Å²) in [5.74, 6) is 0.793. The van der Waals surface area contributed by atoms with E-state index in [1.165, 1.54) is 0 Å². The van der Waals surface area contributed by atoms with Crippen molar-refractivity contribution in [2.24, 2.45) is 5.92 Å². The van der Waals surface area contributed by atoms with E-state index in [4.69, 9.17) is 9.15 Å². The van der Waals surface area contributed by atoms with Gasteiger partial charge >= 0.3 is 0 Å². The minimum atomic E-state index is -0.408. The lowest BCUT2D eigenvalue weighted by Crippen LogP contribution is -2.28. The van der Waals surface area contributed by atoms with Crippen molar-refractivity contribution in [3.05, 3.63) is 89.8 Å². The molecule has 8 nitrogen and oxygen atoms in total. The van der Waals surface area contributed by atoms with E-state index in [0.29, 0.717) is 29.8 Å². The van der Waals surface area contributed by atoms with Crippen LogP contribution in [0.2, 0.25) is 0 Å². The van der Waals surface area contributed by atoms with Gasteiger partial charge in [0.2, 0.25) is 17.7 Å². The number of hydrogen-bond donors (Lipinski definition) is 1. The molecule has 0 radical (unpaired) electrons. The molecule has 2 heterocycles. The Labute approximate surface area is 208 Å². The molecule has 1 fully saturated rings. The molecule has 0 spiro atoms. The first-order chi connectivity index (χ1) is 17.5. The SMILES string of the molecule is Cc1ccc(N2CC(C(=O)Nc3ccc(OCc4nnc(-c5ccccc5C)o4)cc3)CC2=O)cc1. The highest BCUT2D eigenvalue weighted by Gasteiger charge is 2.35. The van der Waals surface area contributed by atoms with E-state index >= 15 is 0 Å². The zero-order chi connectivity index (χ0) is 25.1. The van der Waals surface area contributed by atoms with Crippen LogP contribution in [0.3, 0.4) is 0 Å². The maximum Gasteiger partial charge on any atom is 0.254 e. The maximum atomic E-state index is 12.8.